The predicted molar refractivity (Wildman–Crippen MR) is 121 cm³/mol. The molecule has 10 heteroatoms. The summed E-state index contributed by atoms with van der Waals surface area (Å²) in [5.41, 5.74) is 2.83. The van der Waals surface area contributed by atoms with E-state index in [0.29, 0.717) is 54.1 Å². The molecule has 174 valence electrons. The molecule has 2 atom stereocenters. The lowest BCUT2D eigenvalue weighted by molar-refractivity contribution is -0.138. The van der Waals surface area contributed by atoms with Gasteiger partial charge in [0.05, 0.1) is 23.6 Å². The van der Waals surface area contributed by atoms with Crippen LogP contribution in [0.3, 0.4) is 0 Å². The molecule has 1 aromatic carbocycles. The molecule has 0 amide bonds. The Labute approximate surface area is 191 Å². The Kier molecular flexibility index (Phi) is 6.85. The average molecular weight is 453 g/mol. The Bertz CT molecular complexity index is 1110. The highest BCUT2D eigenvalue weighted by molar-refractivity contribution is 5.81. The van der Waals surface area contributed by atoms with E-state index in [9.17, 15) is 9.90 Å². The van der Waals surface area contributed by atoms with Gasteiger partial charge in [-0.05, 0) is 33.0 Å². The molecule has 1 saturated heterocycles. The number of benzene rings is 1. The monoisotopic (exact) mass is 453 g/mol. The number of carbonyl (C=O) groups excluding carboxylic acids is 1. The number of carbonyl (C=O) groups is 1. The van der Waals surface area contributed by atoms with E-state index in [4.69, 9.17) is 19.0 Å². The molecule has 0 spiro atoms. The summed E-state index contributed by atoms with van der Waals surface area (Å²) in [7, 11) is 1.77. The van der Waals surface area contributed by atoms with Gasteiger partial charge in [0.1, 0.15) is 36.1 Å². The van der Waals surface area contributed by atoms with Gasteiger partial charge < -0.3 is 29.7 Å². The van der Waals surface area contributed by atoms with Crippen LogP contribution in [-0.2, 0) is 9.53 Å². The van der Waals surface area contributed by atoms with Gasteiger partial charge >= 0.3 is 5.97 Å². The van der Waals surface area contributed by atoms with E-state index in [-0.39, 0.29) is 12.6 Å². The van der Waals surface area contributed by atoms with Crippen molar-refractivity contribution in [1.82, 2.24) is 20.4 Å². The molecule has 33 heavy (non-hydrogen) atoms. The van der Waals surface area contributed by atoms with Crippen LogP contribution < -0.4 is 15.4 Å². The number of aromatic nitrogens is 3. The zero-order valence-electron chi connectivity index (χ0n) is 18.8. The first kappa shape index (κ1) is 22.7. The van der Waals surface area contributed by atoms with Crippen LogP contribution in [0.15, 0.2) is 34.9 Å². The van der Waals surface area contributed by atoms with Gasteiger partial charge in [-0.25, -0.2) is 14.8 Å². The highest BCUT2D eigenvalue weighted by Crippen LogP contribution is 2.30. The van der Waals surface area contributed by atoms with Crippen molar-refractivity contribution in [3.8, 4) is 28.4 Å². The van der Waals surface area contributed by atoms with Gasteiger partial charge in [-0.3, -0.25) is 0 Å². The smallest absolute Gasteiger partial charge is 0.328 e. The third-order valence-corrected chi connectivity index (χ3v) is 5.25. The van der Waals surface area contributed by atoms with Crippen molar-refractivity contribution in [2.75, 3.05) is 32.1 Å². The fraction of sp³-hybridized carbons (Fsp3) is 0.391. The van der Waals surface area contributed by atoms with E-state index >= 15 is 0 Å². The fourth-order valence-corrected chi connectivity index (χ4v) is 3.64. The van der Waals surface area contributed by atoms with Gasteiger partial charge in [-0.2, -0.15) is 0 Å². The summed E-state index contributed by atoms with van der Waals surface area (Å²) in [5.74, 6) is 1.86. The molecule has 2 aromatic heterocycles. The van der Waals surface area contributed by atoms with Crippen LogP contribution >= 0.6 is 0 Å². The van der Waals surface area contributed by atoms with Crippen LogP contribution in [-0.4, -0.2) is 65.2 Å². The van der Waals surface area contributed by atoms with Crippen molar-refractivity contribution in [1.29, 1.82) is 0 Å². The number of ether oxygens (including phenoxy) is 2. The molecule has 1 fully saturated rings. The zero-order valence-corrected chi connectivity index (χ0v) is 18.8. The quantitative estimate of drug-likeness (QED) is 0.414. The first-order valence-electron chi connectivity index (χ1n) is 10.8. The van der Waals surface area contributed by atoms with E-state index in [1.807, 2.05) is 32.0 Å². The lowest BCUT2D eigenvalue weighted by atomic mass is 10.1. The van der Waals surface area contributed by atoms with E-state index in [2.05, 4.69) is 20.8 Å². The Hall–Kier alpha value is -3.50. The normalized spacial score (nSPS) is 16.5. The second-order valence-corrected chi connectivity index (χ2v) is 7.86. The molecule has 2 unspecified atom stereocenters. The SMILES string of the molecule is CNCC(O)COc1cccc(-c2nc(NC3CCOC3=O)cc(-c3c(C)noc3C)n2)c1. The van der Waals surface area contributed by atoms with Gasteiger partial charge in [0.25, 0.3) is 0 Å². The topological polar surface area (TPSA) is 132 Å². The predicted octanol–water partition coefficient (Wildman–Crippen LogP) is 2.10. The number of nitrogens with zero attached hydrogens (tertiary/aromatic N) is 3. The second kappa shape index (κ2) is 9.97. The number of hydrogen-bond donors (Lipinski definition) is 3. The molecule has 0 saturated carbocycles. The van der Waals surface area contributed by atoms with Crippen LogP contribution in [0.1, 0.15) is 17.9 Å². The van der Waals surface area contributed by atoms with Gasteiger partial charge in [0.15, 0.2) is 5.82 Å². The molecule has 0 radical (unpaired) electrons. The number of likely N-dealkylation sites (N-methyl/N-ethyl adjacent to an activating group) is 1. The standard InChI is InChI=1S/C23H27N5O5/c1-13-21(14(2)33-28-13)19-10-20(25-18-7-8-31-23(18)30)27-22(26-19)15-5-4-6-17(9-15)32-12-16(29)11-24-3/h4-6,9-10,16,18,24,29H,7-8,11-12H2,1-3H3,(H,25,26,27). The molecular formula is C23H27N5O5. The van der Waals surface area contributed by atoms with E-state index in [0.717, 1.165) is 11.1 Å². The van der Waals surface area contributed by atoms with E-state index in [1.165, 1.54) is 0 Å². The van der Waals surface area contributed by atoms with Crippen LogP contribution in [0, 0.1) is 13.8 Å². The molecule has 1 aliphatic heterocycles. The maximum absolute atomic E-state index is 12.0. The lowest BCUT2D eigenvalue weighted by Gasteiger charge is -2.14. The minimum atomic E-state index is -0.625. The number of aryl methyl sites for hydroxylation is 2. The fourth-order valence-electron chi connectivity index (χ4n) is 3.64. The number of aliphatic hydroxyl groups excluding tert-OH is 1. The Balaban J connectivity index is 1.68. The third kappa shape index (κ3) is 5.29. The third-order valence-electron chi connectivity index (χ3n) is 5.25. The first-order chi connectivity index (χ1) is 15.9. The zero-order chi connectivity index (χ0) is 23.4. The maximum Gasteiger partial charge on any atom is 0.328 e. The van der Waals surface area contributed by atoms with Gasteiger partial charge in [-0.15, -0.1) is 0 Å². The average Bonchev–Trinajstić information content (AvgIpc) is 3.36. The lowest BCUT2D eigenvalue weighted by Crippen LogP contribution is -2.29. The number of esters is 1. The minimum Gasteiger partial charge on any atom is -0.491 e. The summed E-state index contributed by atoms with van der Waals surface area (Å²) in [6.45, 7) is 4.63. The summed E-state index contributed by atoms with van der Waals surface area (Å²) < 4.78 is 16.1. The summed E-state index contributed by atoms with van der Waals surface area (Å²) in [4.78, 5) is 21.4. The van der Waals surface area contributed by atoms with Crippen molar-refractivity contribution < 1.29 is 23.9 Å². The maximum atomic E-state index is 12.0. The molecule has 3 N–H and O–H groups in total. The van der Waals surface area contributed by atoms with Crippen LogP contribution in [0.5, 0.6) is 5.75 Å². The Morgan fingerprint density at radius 1 is 1.27 bits per heavy atom. The van der Waals surface area contributed by atoms with Crippen molar-refractivity contribution in [2.45, 2.75) is 32.4 Å². The highest BCUT2D eigenvalue weighted by atomic mass is 16.5. The molecule has 4 rings (SSSR count). The summed E-state index contributed by atoms with van der Waals surface area (Å²) in [5, 5.41) is 20.0. The summed E-state index contributed by atoms with van der Waals surface area (Å²) >= 11 is 0. The van der Waals surface area contributed by atoms with Crippen molar-refractivity contribution in [3.63, 3.8) is 0 Å². The minimum absolute atomic E-state index is 0.154. The summed E-state index contributed by atoms with van der Waals surface area (Å²) in [6, 6.07) is 8.64. The number of anilines is 1. The number of cyclic esters (lactones) is 1. The second-order valence-electron chi connectivity index (χ2n) is 7.86. The van der Waals surface area contributed by atoms with Crippen LogP contribution in [0.2, 0.25) is 0 Å². The summed E-state index contributed by atoms with van der Waals surface area (Å²) in [6.07, 6.45) is -0.0587. The van der Waals surface area contributed by atoms with E-state index < -0.39 is 12.1 Å². The number of rotatable bonds is 9. The molecule has 0 aliphatic carbocycles. The first-order valence-corrected chi connectivity index (χ1v) is 10.8. The molecular weight excluding hydrogens is 426 g/mol. The molecule has 1 aliphatic rings. The van der Waals surface area contributed by atoms with Gasteiger partial charge in [0.2, 0.25) is 0 Å². The van der Waals surface area contributed by atoms with Gasteiger partial charge in [0, 0.05) is 24.6 Å². The molecule has 3 heterocycles. The van der Waals surface area contributed by atoms with Crippen molar-refractivity contribution in [2.24, 2.45) is 0 Å². The number of nitrogens with one attached hydrogen (secondary N) is 2. The number of aliphatic hydroxyl groups is 1. The Morgan fingerprint density at radius 2 is 2.12 bits per heavy atom. The van der Waals surface area contributed by atoms with Crippen molar-refractivity contribution >= 4 is 11.8 Å². The Morgan fingerprint density at radius 3 is 2.82 bits per heavy atom. The van der Waals surface area contributed by atoms with Crippen LogP contribution in [0.4, 0.5) is 5.82 Å². The van der Waals surface area contributed by atoms with Gasteiger partial charge in [-0.1, -0.05) is 17.3 Å². The highest BCUT2D eigenvalue weighted by Gasteiger charge is 2.27. The molecule has 3 aromatic rings. The number of hydrogen-bond acceptors (Lipinski definition) is 10. The van der Waals surface area contributed by atoms with Crippen molar-refractivity contribution in [3.05, 3.63) is 41.8 Å². The molecule has 0 bridgehead atoms. The van der Waals surface area contributed by atoms with Crippen LogP contribution in [0.25, 0.3) is 22.6 Å². The largest absolute Gasteiger partial charge is 0.491 e. The van der Waals surface area contributed by atoms with E-state index in [1.54, 1.807) is 19.2 Å². The molecule has 10 nitrogen and oxygen atoms in total.